The Bertz CT molecular complexity index is 572. The molecular formula is C19H24O4. The average Bonchev–Trinajstić information content (AvgIpc) is 3.37. The van der Waals surface area contributed by atoms with Crippen LogP contribution >= 0.6 is 0 Å². The Kier molecular flexibility index (Phi) is 2.69. The summed E-state index contributed by atoms with van der Waals surface area (Å²) in [7, 11) is 0. The van der Waals surface area contributed by atoms with Crippen LogP contribution in [-0.2, 0) is 19.0 Å². The van der Waals surface area contributed by atoms with Crippen LogP contribution in [0.1, 0.15) is 32.1 Å². The number of hydrogen-bond acceptors (Lipinski definition) is 4. The highest BCUT2D eigenvalue weighted by molar-refractivity contribution is 5.74. The second-order valence-corrected chi connectivity index (χ2v) is 8.65. The van der Waals surface area contributed by atoms with Crippen LogP contribution in [0.15, 0.2) is 12.2 Å². The molecule has 3 saturated carbocycles. The molecule has 4 aliphatic carbocycles. The summed E-state index contributed by atoms with van der Waals surface area (Å²) in [5.74, 6) is 3.62. The second-order valence-electron chi connectivity index (χ2n) is 8.65. The highest BCUT2D eigenvalue weighted by atomic mass is 16.7. The van der Waals surface area contributed by atoms with Gasteiger partial charge in [-0.15, -0.1) is 0 Å². The highest BCUT2D eigenvalue weighted by Crippen LogP contribution is 2.59. The molecule has 2 heterocycles. The van der Waals surface area contributed by atoms with Crippen molar-refractivity contribution in [3.8, 4) is 0 Å². The van der Waals surface area contributed by atoms with E-state index in [0.717, 1.165) is 24.7 Å². The first-order valence-corrected chi connectivity index (χ1v) is 9.44. The lowest BCUT2D eigenvalue weighted by molar-refractivity contribution is -0.222. The van der Waals surface area contributed by atoms with Crippen molar-refractivity contribution in [3.05, 3.63) is 12.2 Å². The number of carbonyl (C=O) groups excluding carboxylic acids is 1. The molecule has 0 N–H and O–H groups in total. The van der Waals surface area contributed by atoms with Crippen molar-refractivity contribution in [2.24, 2.45) is 41.4 Å². The van der Waals surface area contributed by atoms with Crippen LogP contribution < -0.4 is 0 Å². The molecule has 2 saturated heterocycles. The molecule has 4 heteroatoms. The number of carbonyl (C=O) groups is 1. The lowest BCUT2D eigenvalue weighted by atomic mass is 9.72. The van der Waals surface area contributed by atoms with Crippen LogP contribution in [0.2, 0.25) is 0 Å². The van der Waals surface area contributed by atoms with Gasteiger partial charge in [-0.3, -0.25) is 4.79 Å². The molecule has 0 aromatic rings. The van der Waals surface area contributed by atoms with Gasteiger partial charge in [-0.2, -0.15) is 0 Å². The maximum atomic E-state index is 12.8. The van der Waals surface area contributed by atoms with E-state index in [0.29, 0.717) is 30.3 Å². The molecule has 0 amide bonds. The van der Waals surface area contributed by atoms with E-state index in [2.05, 4.69) is 12.2 Å². The molecular weight excluding hydrogens is 292 g/mol. The van der Waals surface area contributed by atoms with Gasteiger partial charge in [0.05, 0.1) is 18.6 Å². The normalized spacial score (nSPS) is 57.9. The standard InChI is InChI=1S/C19H24O4/c20-18(13-6-9-1-2-10(13)5-9)23-17-16-12-4-3-11(7-12)15(16)14-8-21-19(17)22-14/h1-2,9-17,19H,3-8H2/t9-,10+,11-,12+,13-,14?,15?,16?,17-,19?/m1/s1. The lowest BCUT2D eigenvalue weighted by Crippen LogP contribution is -2.51. The molecule has 0 spiro atoms. The number of fused-ring (bicyclic) bond motifs is 10. The van der Waals surface area contributed by atoms with Gasteiger partial charge in [0.25, 0.3) is 0 Å². The Morgan fingerprint density at radius 2 is 1.91 bits per heavy atom. The third-order valence-corrected chi connectivity index (χ3v) is 7.69. The van der Waals surface area contributed by atoms with E-state index in [1.54, 1.807) is 0 Å². The Balaban J connectivity index is 1.25. The van der Waals surface area contributed by atoms with Crippen molar-refractivity contribution >= 4 is 5.97 Å². The van der Waals surface area contributed by atoms with Gasteiger partial charge in [0, 0.05) is 5.92 Å². The molecule has 6 rings (SSSR count). The molecule has 4 unspecified atom stereocenters. The van der Waals surface area contributed by atoms with E-state index in [9.17, 15) is 4.79 Å². The summed E-state index contributed by atoms with van der Waals surface area (Å²) in [5, 5.41) is 0. The molecule has 6 aliphatic rings. The van der Waals surface area contributed by atoms with Gasteiger partial charge >= 0.3 is 5.97 Å². The fourth-order valence-electron chi connectivity index (χ4n) is 6.82. The zero-order chi connectivity index (χ0) is 15.1. The molecule has 0 aromatic carbocycles. The predicted octanol–water partition coefficient (Wildman–Crippen LogP) is 2.53. The van der Waals surface area contributed by atoms with E-state index in [1.807, 2.05) is 0 Å². The molecule has 5 fully saturated rings. The largest absolute Gasteiger partial charge is 0.456 e. The summed E-state index contributed by atoms with van der Waals surface area (Å²) >= 11 is 0. The maximum Gasteiger partial charge on any atom is 0.310 e. The second kappa shape index (κ2) is 4.60. The molecule has 2 aliphatic heterocycles. The quantitative estimate of drug-likeness (QED) is 0.580. The van der Waals surface area contributed by atoms with E-state index in [-0.39, 0.29) is 30.4 Å². The first kappa shape index (κ1) is 13.4. The van der Waals surface area contributed by atoms with E-state index >= 15 is 0 Å². The summed E-state index contributed by atoms with van der Waals surface area (Å²) in [6.07, 6.45) is 10.3. The molecule has 0 aromatic heterocycles. The van der Waals surface area contributed by atoms with Crippen LogP contribution in [0.3, 0.4) is 0 Å². The van der Waals surface area contributed by atoms with Gasteiger partial charge in [0.15, 0.2) is 12.4 Å². The van der Waals surface area contributed by atoms with Gasteiger partial charge in [-0.1, -0.05) is 12.2 Å². The van der Waals surface area contributed by atoms with Crippen molar-refractivity contribution in [1.82, 2.24) is 0 Å². The van der Waals surface area contributed by atoms with Gasteiger partial charge in [-0.05, 0) is 61.7 Å². The van der Waals surface area contributed by atoms with E-state index in [1.165, 1.54) is 19.3 Å². The maximum absolute atomic E-state index is 12.8. The number of rotatable bonds is 2. The fraction of sp³-hybridized carbons (Fsp3) is 0.842. The van der Waals surface area contributed by atoms with Crippen LogP contribution in [-0.4, -0.2) is 31.1 Å². The Labute approximate surface area is 136 Å². The average molecular weight is 316 g/mol. The van der Waals surface area contributed by atoms with Crippen LogP contribution in [0.4, 0.5) is 0 Å². The van der Waals surface area contributed by atoms with Crippen molar-refractivity contribution in [3.63, 3.8) is 0 Å². The summed E-state index contributed by atoms with van der Waals surface area (Å²) in [6, 6.07) is 0. The molecule has 10 atom stereocenters. The van der Waals surface area contributed by atoms with Crippen molar-refractivity contribution < 1.29 is 19.0 Å². The fourth-order valence-corrected chi connectivity index (χ4v) is 6.82. The molecule has 124 valence electrons. The summed E-state index contributed by atoms with van der Waals surface area (Å²) in [6.45, 7) is 0.694. The Morgan fingerprint density at radius 3 is 2.70 bits per heavy atom. The molecule has 6 bridgehead atoms. The zero-order valence-electron chi connectivity index (χ0n) is 13.3. The van der Waals surface area contributed by atoms with Gasteiger partial charge in [0.2, 0.25) is 0 Å². The predicted molar refractivity (Wildman–Crippen MR) is 81.1 cm³/mol. The topological polar surface area (TPSA) is 44.8 Å². The van der Waals surface area contributed by atoms with Crippen molar-refractivity contribution in [2.45, 2.75) is 50.6 Å². The molecule has 4 nitrogen and oxygen atoms in total. The molecule has 23 heavy (non-hydrogen) atoms. The number of allylic oxidation sites excluding steroid dienone is 2. The van der Waals surface area contributed by atoms with Crippen LogP contribution in [0.25, 0.3) is 0 Å². The smallest absolute Gasteiger partial charge is 0.310 e. The third kappa shape index (κ3) is 1.77. The summed E-state index contributed by atoms with van der Waals surface area (Å²) in [4.78, 5) is 12.8. The SMILES string of the molecule is O=C(O[C@H]1C2OCC(O2)C2C1[C@H]1CC[C@@H]2C1)[C@@H]1C[C@@H]2C=C[C@H]1C2. The van der Waals surface area contributed by atoms with Crippen molar-refractivity contribution in [2.75, 3.05) is 6.61 Å². The van der Waals surface area contributed by atoms with Gasteiger partial charge < -0.3 is 14.2 Å². The summed E-state index contributed by atoms with van der Waals surface area (Å²) < 4.78 is 18.1. The number of ether oxygens (including phenoxy) is 3. The minimum Gasteiger partial charge on any atom is -0.456 e. The Hall–Kier alpha value is -0.870. The van der Waals surface area contributed by atoms with Crippen LogP contribution in [0.5, 0.6) is 0 Å². The lowest BCUT2D eigenvalue weighted by Gasteiger charge is -2.43. The van der Waals surface area contributed by atoms with E-state index in [4.69, 9.17) is 14.2 Å². The summed E-state index contributed by atoms with van der Waals surface area (Å²) in [5.41, 5.74) is 0. The first-order valence-electron chi connectivity index (χ1n) is 9.44. The van der Waals surface area contributed by atoms with Crippen LogP contribution in [0, 0.1) is 41.4 Å². The van der Waals surface area contributed by atoms with Crippen molar-refractivity contribution in [1.29, 1.82) is 0 Å². The number of hydrogen-bond donors (Lipinski definition) is 0. The van der Waals surface area contributed by atoms with E-state index < -0.39 is 0 Å². The number of esters is 1. The molecule has 0 radical (unpaired) electrons. The van der Waals surface area contributed by atoms with Gasteiger partial charge in [-0.25, -0.2) is 0 Å². The zero-order valence-corrected chi connectivity index (χ0v) is 13.3. The monoisotopic (exact) mass is 316 g/mol. The van der Waals surface area contributed by atoms with Gasteiger partial charge in [0.1, 0.15) is 0 Å². The minimum atomic E-state index is -0.307. The highest BCUT2D eigenvalue weighted by Gasteiger charge is 2.62. The minimum absolute atomic E-state index is 0.00548. The first-order chi connectivity index (χ1) is 11.3. The third-order valence-electron chi connectivity index (χ3n) is 7.69. The Morgan fingerprint density at radius 1 is 1.04 bits per heavy atom.